The highest BCUT2D eigenvalue weighted by molar-refractivity contribution is 6.30. The van der Waals surface area contributed by atoms with Crippen LogP contribution in [0.4, 0.5) is 16.2 Å². The van der Waals surface area contributed by atoms with Crippen molar-refractivity contribution < 1.29 is 14.5 Å². The number of halogens is 1. The van der Waals surface area contributed by atoms with Crippen molar-refractivity contribution in [1.29, 1.82) is 0 Å². The smallest absolute Gasteiger partial charge is 0.407 e. The lowest BCUT2D eigenvalue weighted by Gasteiger charge is -2.25. The van der Waals surface area contributed by atoms with Gasteiger partial charge < -0.3 is 15.0 Å². The highest BCUT2D eigenvalue weighted by Gasteiger charge is 2.32. The first-order valence-corrected chi connectivity index (χ1v) is 8.63. The minimum absolute atomic E-state index is 0.000838. The van der Waals surface area contributed by atoms with Crippen LogP contribution in [-0.2, 0) is 4.74 Å². The average Bonchev–Trinajstić information content (AvgIpc) is 2.94. The van der Waals surface area contributed by atoms with Crippen molar-refractivity contribution in [3.8, 4) is 0 Å². The molecule has 8 heteroatoms. The Morgan fingerprint density at radius 1 is 1.48 bits per heavy atom. The van der Waals surface area contributed by atoms with E-state index in [2.05, 4.69) is 5.32 Å². The van der Waals surface area contributed by atoms with Gasteiger partial charge in [-0.25, -0.2) is 4.79 Å². The summed E-state index contributed by atoms with van der Waals surface area (Å²) in [7, 11) is 0. The van der Waals surface area contributed by atoms with Crippen molar-refractivity contribution >= 4 is 29.1 Å². The SMILES string of the molecule is C[C@@H](NC(=O)OC(C)(C)C)[C@H]1CCN(c2ccc(Cl)cc2[N+](=O)[O-])C1. The van der Waals surface area contributed by atoms with Crippen LogP contribution in [0.1, 0.15) is 34.1 Å². The van der Waals surface area contributed by atoms with E-state index in [0.717, 1.165) is 6.42 Å². The molecule has 2 atom stereocenters. The summed E-state index contributed by atoms with van der Waals surface area (Å²) in [5.74, 6) is 0.183. The number of hydrogen-bond acceptors (Lipinski definition) is 5. The molecule has 1 saturated heterocycles. The molecule has 25 heavy (non-hydrogen) atoms. The number of benzene rings is 1. The van der Waals surface area contributed by atoms with Gasteiger partial charge in [0.2, 0.25) is 0 Å². The third-order valence-corrected chi connectivity index (χ3v) is 4.39. The molecule has 1 aliphatic heterocycles. The zero-order valence-electron chi connectivity index (χ0n) is 14.9. The second kappa shape index (κ2) is 7.47. The first-order chi connectivity index (χ1) is 11.6. The predicted octanol–water partition coefficient (Wildman–Crippen LogP) is 3.99. The van der Waals surface area contributed by atoms with E-state index in [0.29, 0.717) is 23.8 Å². The Morgan fingerprint density at radius 2 is 2.16 bits per heavy atom. The van der Waals surface area contributed by atoms with Gasteiger partial charge in [0.05, 0.1) is 4.92 Å². The summed E-state index contributed by atoms with van der Waals surface area (Å²) in [5.41, 5.74) is 0.0115. The zero-order chi connectivity index (χ0) is 18.8. The van der Waals surface area contributed by atoms with Crippen molar-refractivity contribution in [3.63, 3.8) is 0 Å². The Bertz CT molecular complexity index is 660. The molecule has 1 aromatic carbocycles. The Kier molecular flexibility index (Phi) is 5.77. The van der Waals surface area contributed by atoms with E-state index in [9.17, 15) is 14.9 Å². The van der Waals surface area contributed by atoms with Gasteiger partial charge in [-0.3, -0.25) is 10.1 Å². The zero-order valence-corrected chi connectivity index (χ0v) is 15.7. The first kappa shape index (κ1) is 19.3. The molecule has 138 valence electrons. The number of nitro benzene ring substituents is 1. The number of alkyl carbamates (subject to hydrolysis) is 1. The molecule has 1 fully saturated rings. The number of rotatable bonds is 4. The molecule has 1 amide bonds. The van der Waals surface area contributed by atoms with E-state index >= 15 is 0 Å². The van der Waals surface area contributed by atoms with E-state index in [1.54, 1.807) is 12.1 Å². The van der Waals surface area contributed by atoms with Gasteiger partial charge in [0, 0.05) is 30.2 Å². The van der Waals surface area contributed by atoms with Gasteiger partial charge in [-0.15, -0.1) is 0 Å². The van der Waals surface area contributed by atoms with Crippen molar-refractivity contribution in [2.24, 2.45) is 5.92 Å². The number of nitrogens with zero attached hydrogens (tertiary/aromatic N) is 2. The van der Waals surface area contributed by atoms with Crippen LogP contribution in [0.3, 0.4) is 0 Å². The summed E-state index contributed by atoms with van der Waals surface area (Å²) >= 11 is 5.87. The molecule has 0 aliphatic carbocycles. The third kappa shape index (κ3) is 5.22. The summed E-state index contributed by atoms with van der Waals surface area (Å²) in [6.07, 6.45) is 0.382. The van der Waals surface area contributed by atoms with Crippen LogP contribution in [0, 0.1) is 16.0 Å². The number of anilines is 1. The fraction of sp³-hybridized carbons (Fsp3) is 0.588. The first-order valence-electron chi connectivity index (χ1n) is 8.25. The monoisotopic (exact) mass is 369 g/mol. The normalized spacial score (nSPS) is 18.8. The number of nitrogens with one attached hydrogen (secondary N) is 1. The molecule has 0 spiro atoms. The quantitative estimate of drug-likeness (QED) is 0.640. The van der Waals surface area contributed by atoms with Gasteiger partial charge in [-0.05, 0) is 52.2 Å². The van der Waals surface area contributed by atoms with Crippen LogP contribution in [0.15, 0.2) is 18.2 Å². The molecule has 0 unspecified atom stereocenters. The lowest BCUT2D eigenvalue weighted by molar-refractivity contribution is -0.384. The summed E-state index contributed by atoms with van der Waals surface area (Å²) in [4.78, 5) is 24.7. The molecule has 1 aromatic rings. The van der Waals surface area contributed by atoms with Crippen LogP contribution in [-0.4, -0.2) is 35.7 Å². The fourth-order valence-electron chi connectivity index (χ4n) is 2.94. The number of amides is 1. The number of carbonyl (C=O) groups is 1. The molecule has 1 N–H and O–H groups in total. The predicted molar refractivity (Wildman–Crippen MR) is 97.3 cm³/mol. The summed E-state index contributed by atoms with van der Waals surface area (Å²) < 4.78 is 5.28. The topological polar surface area (TPSA) is 84.7 Å². The lowest BCUT2D eigenvalue weighted by Crippen LogP contribution is -2.42. The highest BCUT2D eigenvalue weighted by Crippen LogP contribution is 2.34. The summed E-state index contributed by atoms with van der Waals surface area (Å²) in [5, 5.41) is 14.5. The molecule has 7 nitrogen and oxygen atoms in total. The number of carbonyl (C=O) groups excluding carboxylic acids is 1. The largest absolute Gasteiger partial charge is 0.444 e. The maximum absolute atomic E-state index is 11.9. The van der Waals surface area contributed by atoms with Gasteiger partial charge >= 0.3 is 6.09 Å². The minimum atomic E-state index is -0.546. The number of nitro groups is 1. The molecule has 0 radical (unpaired) electrons. The van der Waals surface area contributed by atoms with E-state index < -0.39 is 16.6 Å². The van der Waals surface area contributed by atoms with Crippen molar-refractivity contribution in [3.05, 3.63) is 33.3 Å². The Hall–Kier alpha value is -2.02. The molecule has 0 bridgehead atoms. The molecule has 0 saturated carbocycles. The van der Waals surface area contributed by atoms with Gasteiger partial charge in [0.15, 0.2) is 0 Å². The standard InChI is InChI=1S/C17H24ClN3O4/c1-11(19-16(22)25-17(2,3)4)12-7-8-20(10-12)14-6-5-13(18)9-15(14)21(23)24/h5-6,9,11-12H,7-8,10H2,1-4H3,(H,19,22)/t11-,12+/m1/s1. The third-order valence-electron chi connectivity index (χ3n) is 4.15. The molecule has 1 heterocycles. The van der Waals surface area contributed by atoms with E-state index in [4.69, 9.17) is 16.3 Å². The van der Waals surface area contributed by atoms with Crippen LogP contribution in [0.2, 0.25) is 5.02 Å². The Morgan fingerprint density at radius 3 is 2.76 bits per heavy atom. The van der Waals surface area contributed by atoms with Gasteiger partial charge in [-0.1, -0.05) is 11.6 Å². The molecule has 0 aromatic heterocycles. The van der Waals surface area contributed by atoms with Gasteiger partial charge in [0.25, 0.3) is 5.69 Å². The molecule has 2 rings (SSSR count). The lowest BCUT2D eigenvalue weighted by atomic mass is 10.0. The Balaban J connectivity index is 2.02. The van der Waals surface area contributed by atoms with Crippen molar-refractivity contribution in [2.45, 2.75) is 45.8 Å². The molecular weight excluding hydrogens is 346 g/mol. The van der Waals surface area contributed by atoms with Crippen molar-refractivity contribution in [2.75, 3.05) is 18.0 Å². The summed E-state index contributed by atoms with van der Waals surface area (Å²) in [6, 6.07) is 4.60. The minimum Gasteiger partial charge on any atom is -0.444 e. The van der Waals surface area contributed by atoms with Crippen LogP contribution >= 0.6 is 11.6 Å². The average molecular weight is 370 g/mol. The van der Waals surface area contributed by atoms with E-state index in [1.165, 1.54) is 6.07 Å². The molecular formula is C17H24ClN3O4. The Labute approximate surface area is 152 Å². The van der Waals surface area contributed by atoms with Crippen LogP contribution in [0.5, 0.6) is 0 Å². The fourth-order valence-corrected chi connectivity index (χ4v) is 3.10. The highest BCUT2D eigenvalue weighted by atomic mass is 35.5. The number of hydrogen-bond donors (Lipinski definition) is 1. The number of ether oxygens (including phenoxy) is 1. The van der Waals surface area contributed by atoms with E-state index in [-0.39, 0.29) is 17.6 Å². The van der Waals surface area contributed by atoms with Gasteiger partial charge in [-0.2, -0.15) is 0 Å². The second-order valence-electron chi connectivity index (χ2n) is 7.32. The van der Waals surface area contributed by atoms with Crippen LogP contribution in [0.25, 0.3) is 0 Å². The second-order valence-corrected chi connectivity index (χ2v) is 7.76. The van der Waals surface area contributed by atoms with Crippen LogP contribution < -0.4 is 10.2 Å². The summed E-state index contributed by atoms with van der Waals surface area (Å²) in [6.45, 7) is 8.68. The van der Waals surface area contributed by atoms with Crippen molar-refractivity contribution in [1.82, 2.24) is 5.32 Å². The maximum atomic E-state index is 11.9. The molecule has 1 aliphatic rings. The van der Waals surface area contributed by atoms with Gasteiger partial charge in [0.1, 0.15) is 11.3 Å². The van der Waals surface area contributed by atoms with E-state index in [1.807, 2.05) is 32.6 Å². The maximum Gasteiger partial charge on any atom is 0.407 e.